The Morgan fingerprint density at radius 2 is 2.67 bits per heavy atom. The summed E-state index contributed by atoms with van der Waals surface area (Å²) in [4.78, 5) is 0. The Labute approximate surface area is 53.2 Å². The number of hydrogen-bond donors (Lipinski definition) is 0. The van der Waals surface area contributed by atoms with Crippen molar-refractivity contribution in [3.8, 4) is 0 Å². The minimum absolute atomic E-state index is 0.435. The van der Waals surface area contributed by atoms with Crippen molar-refractivity contribution >= 4 is 0 Å². The van der Waals surface area contributed by atoms with E-state index in [0.29, 0.717) is 6.10 Å². The quantitative estimate of drug-likeness (QED) is 0.530. The maximum Gasteiger partial charge on any atom is 0.100 e. The van der Waals surface area contributed by atoms with E-state index in [9.17, 15) is 0 Å². The predicted octanol–water partition coefficient (Wildman–Crippen LogP) is 0.282. The van der Waals surface area contributed by atoms with E-state index < -0.39 is 0 Å². The fourth-order valence-corrected chi connectivity index (χ4v) is 0.791. The zero-order valence-electron chi connectivity index (χ0n) is 5.03. The van der Waals surface area contributed by atoms with Crippen LogP contribution in [0.1, 0.15) is 0 Å². The van der Waals surface area contributed by atoms with Gasteiger partial charge >= 0.3 is 0 Å². The summed E-state index contributed by atoms with van der Waals surface area (Å²) in [6, 6.07) is 1.92. The van der Waals surface area contributed by atoms with E-state index >= 15 is 0 Å². The molecule has 1 atom stereocenters. The molecule has 0 N–H and O–H groups in total. The van der Waals surface area contributed by atoms with Crippen LogP contribution in [0.15, 0.2) is 18.5 Å². The average molecular weight is 124 g/mol. The Hall–Kier alpha value is -0.830. The molecule has 0 bridgehead atoms. The lowest BCUT2D eigenvalue weighted by atomic mass is 10.5. The van der Waals surface area contributed by atoms with E-state index in [0.717, 1.165) is 13.2 Å². The van der Waals surface area contributed by atoms with Crippen LogP contribution in [-0.2, 0) is 11.3 Å². The van der Waals surface area contributed by atoms with Crippen LogP contribution in [0.4, 0.5) is 0 Å². The van der Waals surface area contributed by atoms with Gasteiger partial charge in [0, 0.05) is 12.4 Å². The number of hydrogen-bond acceptors (Lipinski definition) is 2. The largest absolute Gasteiger partial charge is 0.371 e. The predicted molar refractivity (Wildman–Crippen MR) is 32.0 cm³/mol. The second-order valence-electron chi connectivity index (χ2n) is 2.18. The molecule has 0 radical (unpaired) electrons. The van der Waals surface area contributed by atoms with Gasteiger partial charge in [-0.15, -0.1) is 0 Å². The van der Waals surface area contributed by atoms with Crippen molar-refractivity contribution in [2.45, 2.75) is 12.6 Å². The summed E-state index contributed by atoms with van der Waals surface area (Å²) in [5.74, 6) is 0. The molecule has 0 aromatic carbocycles. The molecular weight excluding hydrogens is 116 g/mol. The SMILES string of the molecule is c1cnn(C[C@@H]2CO2)c1. The summed E-state index contributed by atoms with van der Waals surface area (Å²) in [6.07, 6.45) is 4.16. The first kappa shape index (κ1) is 4.99. The standard InChI is InChI=1S/C6H8N2O/c1-2-7-8(3-1)4-6-5-9-6/h1-3,6H,4-5H2/t6-/m1/s1. The van der Waals surface area contributed by atoms with Gasteiger partial charge in [0.15, 0.2) is 0 Å². The van der Waals surface area contributed by atoms with E-state index in [1.165, 1.54) is 0 Å². The number of nitrogens with zero attached hydrogens (tertiary/aromatic N) is 2. The van der Waals surface area contributed by atoms with E-state index in [1.54, 1.807) is 6.20 Å². The van der Waals surface area contributed by atoms with Crippen molar-refractivity contribution in [2.75, 3.05) is 6.61 Å². The van der Waals surface area contributed by atoms with Gasteiger partial charge in [0.1, 0.15) is 6.10 Å². The number of epoxide rings is 1. The summed E-state index contributed by atoms with van der Waals surface area (Å²) >= 11 is 0. The molecule has 1 saturated heterocycles. The summed E-state index contributed by atoms with van der Waals surface area (Å²) in [5.41, 5.74) is 0. The molecule has 0 aliphatic carbocycles. The smallest absolute Gasteiger partial charge is 0.100 e. The van der Waals surface area contributed by atoms with Crippen LogP contribution in [0.25, 0.3) is 0 Å². The maximum absolute atomic E-state index is 5.02. The number of rotatable bonds is 2. The minimum atomic E-state index is 0.435. The van der Waals surface area contributed by atoms with Crippen LogP contribution in [0.3, 0.4) is 0 Å². The monoisotopic (exact) mass is 124 g/mol. The van der Waals surface area contributed by atoms with Gasteiger partial charge in [-0.25, -0.2) is 0 Å². The topological polar surface area (TPSA) is 30.4 Å². The first-order chi connectivity index (χ1) is 4.45. The molecule has 3 heteroatoms. The first-order valence-corrected chi connectivity index (χ1v) is 3.04. The highest BCUT2D eigenvalue weighted by Crippen LogP contribution is 2.10. The molecule has 1 aliphatic rings. The lowest BCUT2D eigenvalue weighted by Crippen LogP contribution is -2.03. The third-order valence-corrected chi connectivity index (χ3v) is 1.35. The van der Waals surface area contributed by atoms with Crippen molar-refractivity contribution < 1.29 is 4.74 Å². The highest BCUT2D eigenvalue weighted by molar-refractivity contribution is 4.80. The zero-order chi connectivity index (χ0) is 6.10. The molecule has 2 rings (SSSR count). The first-order valence-electron chi connectivity index (χ1n) is 3.04. The second-order valence-corrected chi connectivity index (χ2v) is 2.18. The molecule has 48 valence electrons. The van der Waals surface area contributed by atoms with Crippen LogP contribution in [0.5, 0.6) is 0 Å². The van der Waals surface area contributed by atoms with Gasteiger partial charge in [-0.3, -0.25) is 4.68 Å². The van der Waals surface area contributed by atoms with Crippen LogP contribution < -0.4 is 0 Å². The average Bonchev–Trinajstić information content (AvgIpc) is 2.46. The van der Waals surface area contributed by atoms with Crippen LogP contribution in [0.2, 0.25) is 0 Å². The summed E-state index contributed by atoms with van der Waals surface area (Å²) in [6.45, 7) is 1.81. The van der Waals surface area contributed by atoms with Crippen molar-refractivity contribution in [1.82, 2.24) is 9.78 Å². The van der Waals surface area contributed by atoms with E-state index in [2.05, 4.69) is 5.10 Å². The number of aromatic nitrogens is 2. The number of ether oxygens (including phenoxy) is 1. The highest BCUT2D eigenvalue weighted by atomic mass is 16.6. The van der Waals surface area contributed by atoms with E-state index in [4.69, 9.17) is 4.74 Å². The lowest BCUT2D eigenvalue weighted by molar-refractivity contribution is 0.373. The molecule has 0 spiro atoms. The van der Waals surface area contributed by atoms with Crippen LogP contribution in [-0.4, -0.2) is 22.5 Å². The molecule has 3 nitrogen and oxygen atoms in total. The molecule has 0 amide bonds. The van der Waals surface area contributed by atoms with Crippen molar-refractivity contribution in [1.29, 1.82) is 0 Å². The Morgan fingerprint density at radius 3 is 3.22 bits per heavy atom. The third kappa shape index (κ3) is 1.10. The van der Waals surface area contributed by atoms with E-state index in [-0.39, 0.29) is 0 Å². The molecule has 1 aliphatic heterocycles. The van der Waals surface area contributed by atoms with Gasteiger partial charge in [0.05, 0.1) is 13.2 Å². The van der Waals surface area contributed by atoms with Crippen molar-refractivity contribution in [2.24, 2.45) is 0 Å². The molecule has 1 aromatic rings. The Balaban J connectivity index is 1.99. The van der Waals surface area contributed by atoms with Gasteiger partial charge in [-0.1, -0.05) is 0 Å². The lowest BCUT2D eigenvalue weighted by Gasteiger charge is -1.92. The molecule has 1 aromatic heterocycles. The summed E-state index contributed by atoms with van der Waals surface area (Å²) < 4.78 is 6.91. The summed E-state index contributed by atoms with van der Waals surface area (Å²) in [7, 11) is 0. The van der Waals surface area contributed by atoms with Gasteiger partial charge in [-0.05, 0) is 6.07 Å². The second kappa shape index (κ2) is 1.84. The van der Waals surface area contributed by atoms with Crippen LogP contribution in [0, 0.1) is 0 Å². The third-order valence-electron chi connectivity index (χ3n) is 1.35. The minimum Gasteiger partial charge on any atom is -0.371 e. The van der Waals surface area contributed by atoms with E-state index in [1.807, 2.05) is 16.9 Å². The summed E-state index contributed by atoms with van der Waals surface area (Å²) in [5, 5.41) is 4.03. The van der Waals surface area contributed by atoms with Gasteiger partial charge in [0.2, 0.25) is 0 Å². The highest BCUT2D eigenvalue weighted by Gasteiger charge is 2.22. The fraction of sp³-hybridized carbons (Fsp3) is 0.500. The molecule has 0 saturated carbocycles. The van der Waals surface area contributed by atoms with Crippen LogP contribution >= 0.6 is 0 Å². The normalized spacial score (nSPS) is 24.2. The molecule has 1 fully saturated rings. The molecule has 0 unspecified atom stereocenters. The molecule has 2 heterocycles. The Morgan fingerprint density at radius 1 is 1.78 bits per heavy atom. The zero-order valence-corrected chi connectivity index (χ0v) is 5.03. The van der Waals surface area contributed by atoms with Crippen molar-refractivity contribution in [3.63, 3.8) is 0 Å². The van der Waals surface area contributed by atoms with Gasteiger partial charge in [-0.2, -0.15) is 5.10 Å². The maximum atomic E-state index is 5.02. The molecular formula is C6H8N2O. The Kier molecular flexibility index (Phi) is 1.02. The fourth-order valence-electron chi connectivity index (χ4n) is 0.791. The molecule has 9 heavy (non-hydrogen) atoms. The van der Waals surface area contributed by atoms with Gasteiger partial charge in [0.25, 0.3) is 0 Å². The Bertz CT molecular complexity index is 179. The van der Waals surface area contributed by atoms with Gasteiger partial charge < -0.3 is 4.74 Å². The van der Waals surface area contributed by atoms with Crippen molar-refractivity contribution in [3.05, 3.63) is 18.5 Å².